The van der Waals surface area contributed by atoms with E-state index in [0.717, 1.165) is 11.3 Å². The zero-order chi connectivity index (χ0) is 10.8. The Morgan fingerprint density at radius 3 is 2.33 bits per heavy atom. The molecular weight excluding hydrogens is 192 g/mol. The summed E-state index contributed by atoms with van der Waals surface area (Å²) in [6.45, 7) is 2.46. The lowest BCUT2D eigenvalue weighted by atomic mass is 10.1. The number of nitrogens with zero attached hydrogens (tertiary/aromatic N) is 1. The molecule has 1 fully saturated rings. The third kappa shape index (κ3) is 1.98. The number of benzene rings is 1. The van der Waals surface area contributed by atoms with Gasteiger partial charge in [0.1, 0.15) is 0 Å². The Balaban J connectivity index is 2.27. The predicted molar refractivity (Wildman–Crippen MR) is 56.5 cm³/mol. The molecular formula is C11H12N2O2. The van der Waals surface area contributed by atoms with Gasteiger partial charge in [-0.3, -0.25) is 14.9 Å². The van der Waals surface area contributed by atoms with Crippen LogP contribution in [0.3, 0.4) is 0 Å². The van der Waals surface area contributed by atoms with Gasteiger partial charge in [-0.25, -0.2) is 0 Å². The molecule has 2 rings (SSSR count). The van der Waals surface area contributed by atoms with Crippen molar-refractivity contribution in [2.24, 2.45) is 0 Å². The number of aryl methyl sites for hydroxylation is 1. The van der Waals surface area contributed by atoms with Gasteiger partial charge in [0.2, 0.25) is 11.8 Å². The Hall–Kier alpha value is -1.84. The van der Waals surface area contributed by atoms with Gasteiger partial charge in [0.05, 0.1) is 13.1 Å². The molecule has 15 heavy (non-hydrogen) atoms. The topological polar surface area (TPSA) is 49.4 Å². The lowest BCUT2D eigenvalue weighted by molar-refractivity contribution is -0.130. The molecule has 0 radical (unpaired) electrons. The van der Waals surface area contributed by atoms with Crippen molar-refractivity contribution in [3.63, 3.8) is 0 Å². The van der Waals surface area contributed by atoms with E-state index in [0.29, 0.717) is 0 Å². The first kappa shape index (κ1) is 9.71. The highest BCUT2D eigenvalue weighted by molar-refractivity contribution is 6.02. The summed E-state index contributed by atoms with van der Waals surface area (Å²) in [4.78, 5) is 24.2. The first-order chi connectivity index (χ1) is 7.16. The molecule has 1 aromatic rings. The van der Waals surface area contributed by atoms with Crippen LogP contribution in [0, 0.1) is 6.92 Å². The average molecular weight is 204 g/mol. The van der Waals surface area contributed by atoms with E-state index in [9.17, 15) is 9.59 Å². The molecule has 1 aliphatic heterocycles. The molecule has 1 saturated heterocycles. The Morgan fingerprint density at radius 1 is 1.13 bits per heavy atom. The standard InChI is InChI=1S/C11H12N2O2/c1-8-4-2-3-5-9(8)13-6-10(14)12-11(15)7-13/h2-5H,6-7H2,1H3,(H,12,14,15). The van der Waals surface area contributed by atoms with Crippen LogP contribution in [0.15, 0.2) is 24.3 Å². The second kappa shape index (κ2) is 3.73. The summed E-state index contributed by atoms with van der Waals surface area (Å²) >= 11 is 0. The Kier molecular flexibility index (Phi) is 2.41. The fourth-order valence-corrected chi connectivity index (χ4v) is 1.73. The Labute approximate surface area is 87.9 Å². The number of para-hydroxylation sites is 1. The van der Waals surface area contributed by atoms with Crippen LogP contribution in [0.2, 0.25) is 0 Å². The van der Waals surface area contributed by atoms with Gasteiger partial charge in [0.25, 0.3) is 0 Å². The highest BCUT2D eigenvalue weighted by atomic mass is 16.2. The normalized spacial score (nSPS) is 16.5. The van der Waals surface area contributed by atoms with Crippen molar-refractivity contribution in [1.29, 1.82) is 0 Å². The van der Waals surface area contributed by atoms with Crippen LogP contribution in [-0.2, 0) is 9.59 Å². The molecule has 4 heteroatoms. The molecule has 0 spiro atoms. The van der Waals surface area contributed by atoms with E-state index >= 15 is 0 Å². The Bertz CT molecular complexity index is 399. The number of rotatable bonds is 1. The van der Waals surface area contributed by atoms with Gasteiger partial charge in [0.15, 0.2) is 0 Å². The quantitative estimate of drug-likeness (QED) is 0.676. The molecule has 0 unspecified atom stereocenters. The van der Waals surface area contributed by atoms with Crippen molar-refractivity contribution in [3.05, 3.63) is 29.8 Å². The first-order valence-corrected chi connectivity index (χ1v) is 4.80. The Morgan fingerprint density at radius 2 is 1.73 bits per heavy atom. The monoisotopic (exact) mass is 204 g/mol. The zero-order valence-corrected chi connectivity index (χ0v) is 8.49. The minimum Gasteiger partial charge on any atom is -0.353 e. The number of carbonyl (C=O) groups is 2. The molecule has 1 heterocycles. The van der Waals surface area contributed by atoms with Gasteiger partial charge in [0, 0.05) is 5.69 Å². The number of amides is 2. The maximum atomic E-state index is 11.2. The second-order valence-corrected chi connectivity index (χ2v) is 3.61. The van der Waals surface area contributed by atoms with Gasteiger partial charge in [-0.05, 0) is 18.6 Å². The van der Waals surface area contributed by atoms with E-state index in [-0.39, 0.29) is 24.9 Å². The number of hydrogen-bond acceptors (Lipinski definition) is 3. The van der Waals surface area contributed by atoms with E-state index in [4.69, 9.17) is 0 Å². The van der Waals surface area contributed by atoms with Gasteiger partial charge >= 0.3 is 0 Å². The highest BCUT2D eigenvalue weighted by Gasteiger charge is 2.23. The molecule has 0 saturated carbocycles. The van der Waals surface area contributed by atoms with Crippen LogP contribution in [0.1, 0.15) is 5.56 Å². The third-order valence-electron chi connectivity index (χ3n) is 2.40. The minimum atomic E-state index is -0.241. The molecule has 0 bridgehead atoms. The number of nitrogens with one attached hydrogen (secondary N) is 1. The molecule has 2 amide bonds. The summed E-state index contributed by atoms with van der Waals surface area (Å²) in [6.07, 6.45) is 0. The zero-order valence-electron chi connectivity index (χ0n) is 8.49. The van der Waals surface area contributed by atoms with Crippen molar-refractivity contribution in [2.45, 2.75) is 6.92 Å². The number of hydrogen-bond donors (Lipinski definition) is 1. The summed E-state index contributed by atoms with van der Waals surface area (Å²) in [5.41, 5.74) is 2.01. The van der Waals surface area contributed by atoms with Crippen molar-refractivity contribution < 1.29 is 9.59 Å². The van der Waals surface area contributed by atoms with Crippen molar-refractivity contribution >= 4 is 17.5 Å². The number of carbonyl (C=O) groups excluding carboxylic acids is 2. The van der Waals surface area contributed by atoms with Gasteiger partial charge < -0.3 is 4.90 Å². The van der Waals surface area contributed by atoms with E-state index in [2.05, 4.69) is 5.32 Å². The number of piperazine rings is 1. The van der Waals surface area contributed by atoms with Crippen LogP contribution in [0.5, 0.6) is 0 Å². The summed E-state index contributed by atoms with van der Waals surface area (Å²) in [5, 5.41) is 2.28. The number of imide groups is 1. The maximum absolute atomic E-state index is 11.2. The lowest BCUT2D eigenvalue weighted by Crippen LogP contribution is -2.51. The molecule has 78 valence electrons. The van der Waals surface area contributed by atoms with Crippen molar-refractivity contribution in [3.8, 4) is 0 Å². The van der Waals surface area contributed by atoms with Crippen LogP contribution in [0.4, 0.5) is 5.69 Å². The van der Waals surface area contributed by atoms with Crippen LogP contribution >= 0.6 is 0 Å². The SMILES string of the molecule is Cc1ccccc1N1CC(=O)NC(=O)C1. The second-order valence-electron chi connectivity index (χ2n) is 3.61. The summed E-state index contributed by atoms with van der Waals surface area (Å²) in [6, 6.07) is 7.72. The fraction of sp³-hybridized carbons (Fsp3) is 0.273. The smallest absolute Gasteiger partial charge is 0.246 e. The van der Waals surface area contributed by atoms with Gasteiger partial charge in [-0.1, -0.05) is 18.2 Å². The van der Waals surface area contributed by atoms with Crippen LogP contribution < -0.4 is 10.2 Å². The number of anilines is 1. The lowest BCUT2D eigenvalue weighted by Gasteiger charge is -2.28. The van der Waals surface area contributed by atoms with E-state index in [1.807, 2.05) is 31.2 Å². The van der Waals surface area contributed by atoms with Crippen LogP contribution in [0.25, 0.3) is 0 Å². The molecule has 1 N–H and O–H groups in total. The van der Waals surface area contributed by atoms with Crippen molar-refractivity contribution in [1.82, 2.24) is 5.32 Å². The summed E-state index contributed by atoms with van der Waals surface area (Å²) in [7, 11) is 0. The van der Waals surface area contributed by atoms with E-state index < -0.39 is 0 Å². The molecule has 4 nitrogen and oxygen atoms in total. The molecule has 0 atom stereocenters. The molecule has 0 aromatic heterocycles. The van der Waals surface area contributed by atoms with Gasteiger partial charge in [-0.15, -0.1) is 0 Å². The van der Waals surface area contributed by atoms with Crippen LogP contribution in [-0.4, -0.2) is 24.9 Å². The average Bonchev–Trinajstić information content (AvgIpc) is 2.16. The highest BCUT2D eigenvalue weighted by Crippen LogP contribution is 2.19. The minimum absolute atomic E-state index is 0.241. The molecule has 0 aliphatic carbocycles. The van der Waals surface area contributed by atoms with Crippen molar-refractivity contribution in [2.75, 3.05) is 18.0 Å². The molecule has 1 aliphatic rings. The maximum Gasteiger partial charge on any atom is 0.246 e. The largest absolute Gasteiger partial charge is 0.353 e. The van der Waals surface area contributed by atoms with E-state index in [1.54, 1.807) is 4.90 Å². The fourth-order valence-electron chi connectivity index (χ4n) is 1.73. The van der Waals surface area contributed by atoms with Gasteiger partial charge in [-0.2, -0.15) is 0 Å². The predicted octanol–water partition coefficient (Wildman–Crippen LogP) is 0.458. The summed E-state index contributed by atoms with van der Waals surface area (Å²) in [5.74, 6) is -0.482. The summed E-state index contributed by atoms with van der Waals surface area (Å²) < 4.78 is 0. The van der Waals surface area contributed by atoms with E-state index in [1.165, 1.54) is 0 Å². The third-order valence-corrected chi connectivity index (χ3v) is 2.40. The molecule has 1 aromatic carbocycles. The first-order valence-electron chi connectivity index (χ1n) is 4.80.